The van der Waals surface area contributed by atoms with Crippen molar-refractivity contribution < 1.29 is 0 Å². The van der Waals surface area contributed by atoms with Crippen LogP contribution in [-0.2, 0) is 0 Å². The van der Waals surface area contributed by atoms with Crippen LogP contribution in [0.3, 0.4) is 0 Å². The van der Waals surface area contributed by atoms with E-state index in [9.17, 15) is 0 Å². The minimum atomic E-state index is -0.154. The molecule has 0 amide bonds. The van der Waals surface area contributed by atoms with Crippen LogP contribution in [0.4, 0.5) is 0 Å². The maximum Gasteiger partial charge on any atom is 0.107 e. The van der Waals surface area contributed by atoms with Gasteiger partial charge in [-0.05, 0) is 6.42 Å². The van der Waals surface area contributed by atoms with Crippen molar-refractivity contribution in [1.82, 2.24) is 0 Å². The van der Waals surface area contributed by atoms with Gasteiger partial charge < -0.3 is 0 Å². The van der Waals surface area contributed by atoms with E-state index in [1.54, 1.807) is 0 Å². The summed E-state index contributed by atoms with van der Waals surface area (Å²) in [5.41, 5.74) is 0. The summed E-state index contributed by atoms with van der Waals surface area (Å²) in [6.45, 7) is 2.26. The lowest BCUT2D eigenvalue weighted by molar-refractivity contribution is 0.553. The van der Waals surface area contributed by atoms with Crippen LogP contribution in [0.15, 0.2) is 0 Å². The predicted octanol–water partition coefficient (Wildman–Crippen LogP) is 6.10. The summed E-state index contributed by atoms with van der Waals surface area (Å²) in [7, 11) is 0. The molecule has 0 rings (SSSR count). The molecule has 0 atom stereocenters. The molecule has 0 aliphatic rings. The molecule has 92 valence electrons. The molecule has 0 fully saturated rings. The highest BCUT2D eigenvalue weighted by Gasteiger charge is 1.97. The molecule has 0 spiro atoms. The topological polar surface area (TPSA) is 0 Å². The highest BCUT2D eigenvalue weighted by atomic mass is 35.5. The molecule has 0 saturated heterocycles. The molecule has 0 aromatic carbocycles. The zero-order valence-electron chi connectivity index (χ0n) is 10.1. The quantitative estimate of drug-likeness (QED) is 0.308. The molecular formula is C13H26Cl2. The molecule has 0 nitrogen and oxygen atoms in total. The van der Waals surface area contributed by atoms with E-state index in [2.05, 4.69) is 6.92 Å². The summed E-state index contributed by atoms with van der Waals surface area (Å²) in [4.78, 5) is -0.154. The van der Waals surface area contributed by atoms with Gasteiger partial charge in [-0.25, -0.2) is 0 Å². The first-order valence-corrected chi connectivity index (χ1v) is 7.42. The van der Waals surface area contributed by atoms with Crippen LogP contribution in [0, 0.1) is 0 Å². The molecule has 0 aliphatic heterocycles. The van der Waals surface area contributed by atoms with E-state index < -0.39 is 0 Å². The van der Waals surface area contributed by atoms with E-state index >= 15 is 0 Å². The molecular weight excluding hydrogens is 227 g/mol. The van der Waals surface area contributed by atoms with E-state index in [-0.39, 0.29) is 4.84 Å². The fourth-order valence-corrected chi connectivity index (χ4v) is 2.09. The Morgan fingerprint density at radius 3 is 1.47 bits per heavy atom. The Labute approximate surface area is 106 Å². The summed E-state index contributed by atoms with van der Waals surface area (Å²) < 4.78 is 0. The molecule has 0 aromatic heterocycles. The highest BCUT2D eigenvalue weighted by Crippen LogP contribution is 2.15. The Balaban J connectivity index is 2.87. The second-order valence-corrected chi connectivity index (χ2v) is 5.64. The van der Waals surface area contributed by atoms with E-state index in [1.165, 1.54) is 64.2 Å². The number of unbranched alkanes of at least 4 members (excludes halogenated alkanes) is 9. The molecule has 0 saturated carbocycles. The van der Waals surface area contributed by atoms with Gasteiger partial charge in [-0.1, -0.05) is 71.1 Å². The van der Waals surface area contributed by atoms with Crippen LogP contribution in [0.25, 0.3) is 0 Å². The molecule has 2 heteroatoms. The molecule has 15 heavy (non-hydrogen) atoms. The van der Waals surface area contributed by atoms with Crippen molar-refractivity contribution in [3.05, 3.63) is 0 Å². The third-order valence-corrected chi connectivity index (χ3v) is 3.21. The zero-order chi connectivity index (χ0) is 11.4. The van der Waals surface area contributed by atoms with Gasteiger partial charge in [0.15, 0.2) is 0 Å². The molecule has 0 aromatic rings. The normalized spacial score (nSPS) is 11.2. The standard InChI is InChI=1S/C13H26Cl2/c1-2-3-4-5-6-7-8-9-10-11-12-13(14)15/h13H,2-12H2,1H3. The summed E-state index contributed by atoms with van der Waals surface area (Å²) in [5.74, 6) is 0. The molecule has 0 N–H and O–H groups in total. The van der Waals surface area contributed by atoms with Crippen molar-refractivity contribution in [2.75, 3.05) is 0 Å². The maximum absolute atomic E-state index is 5.65. The van der Waals surface area contributed by atoms with Crippen molar-refractivity contribution in [3.8, 4) is 0 Å². The van der Waals surface area contributed by atoms with Crippen LogP contribution >= 0.6 is 23.2 Å². The van der Waals surface area contributed by atoms with Crippen LogP contribution in [0.1, 0.15) is 77.6 Å². The maximum atomic E-state index is 5.65. The van der Waals surface area contributed by atoms with E-state index in [0.717, 1.165) is 6.42 Å². The second-order valence-electron chi connectivity index (χ2n) is 4.36. The van der Waals surface area contributed by atoms with Gasteiger partial charge in [-0.3, -0.25) is 0 Å². The van der Waals surface area contributed by atoms with Crippen molar-refractivity contribution in [2.45, 2.75) is 82.4 Å². The fraction of sp³-hybridized carbons (Fsp3) is 1.00. The first-order chi connectivity index (χ1) is 7.27. The van der Waals surface area contributed by atoms with Gasteiger partial charge in [0, 0.05) is 0 Å². The van der Waals surface area contributed by atoms with Crippen LogP contribution < -0.4 is 0 Å². The number of halogens is 2. The Bertz CT molecular complexity index is 113. The van der Waals surface area contributed by atoms with Crippen molar-refractivity contribution in [1.29, 1.82) is 0 Å². The van der Waals surface area contributed by atoms with Gasteiger partial charge >= 0.3 is 0 Å². The number of rotatable bonds is 11. The van der Waals surface area contributed by atoms with Gasteiger partial charge in [-0.15, -0.1) is 23.2 Å². The van der Waals surface area contributed by atoms with Crippen LogP contribution in [0.5, 0.6) is 0 Å². The third kappa shape index (κ3) is 14.6. The smallest absolute Gasteiger partial charge is 0.105 e. The summed E-state index contributed by atoms with van der Waals surface area (Å²) in [5, 5.41) is 0. The van der Waals surface area contributed by atoms with E-state index in [1.807, 2.05) is 0 Å². The van der Waals surface area contributed by atoms with E-state index in [4.69, 9.17) is 23.2 Å². The first-order valence-electron chi connectivity index (χ1n) is 6.55. The van der Waals surface area contributed by atoms with Crippen LogP contribution in [-0.4, -0.2) is 4.84 Å². The Hall–Kier alpha value is 0.580. The lowest BCUT2D eigenvalue weighted by Gasteiger charge is -2.02. The van der Waals surface area contributed by atoms with Crippen molar-refractivity contribution in [2.24, 2.45) is 0 Å². The number of hydrogen-bond acceptors (Lipinski definition) is 0. The monoisotopic (exact) mass is 252 g/mol. The highest BCUT2D eigenvalue weighted by molar-refractivity contribution is 6.44. The lowest BCUT2D eigenvalue weighted by Crippen LogP contribution is -1.87. The van der Waals surface area contributed by atoms with Gasteiger partial charge in [0.1, 0.15) is 4.84 Å². The average molecular weight is 253 g/mol. The Kier molecular flexibility index (Phi) is 13.1. The van der Waals surface area contributed by atoms with Gasteiger partial charge in [0.2, 0.25) is 0 Å². The molecule has 0 radical (unpaired) electrons. The largest absolute Gasteiger partial charge is 0.107 e. The number of hydrogen-bond donors (Lipinski definition) is 0. The minimum Gasteiger partial charge on any atom is -0.105 e. The van der Waals surface area contributed by atoms with Gasteiger partial charge in [0.05, 0.1) is 0 Å². The zero-order valence-corrected chi connectivity index (χ0v) is 11.6. The number of alkyl halides is 2. The second kappa shape index (κ2) is 12.6. The Morgan fingerprint density at radius 2 is 1.07 bits per heavy atom. The van der Waals surface area contributed by atoms with E-state index in [0.29, 0.717) is 0 Å². The minimum absolute atomic E-state index is 0.154. The molecule has 0 bridgehead atoms. The van der Waals surface area contributed by atoms with Crippen molar-refractivity contribution >= 4 is 23.2 Å². The first kappa shape index (κ1) is 15.6. The average Bonchev–Trinajstić information content (AvgIpc) is 2.20. The summed E-state index contributed by atoms with van der Waals surface area (Å²) in [6.07, 6.45) is 14.6. The molecule has 0 heterocycles. The van der Waals surface area contributed by atoms with Gasteiger partial charge in [-0.2, -0.15) is 0 Å². The summed E-state index contributed by atoms with van der Waals surface area (Å²) >= 11 is 11.3. The SMILES string of the molecule is CCCCCCCCCCCCC(Cl)Cl. The summed E-state index contributed by atoms with van der Waals surface area (Å²) in [6, 6.07) is 0. The Morgan fingerprint density at radius 1 is 0.667 bits per heavy atom. The molecule has 0 unspecified atom stereocenters. The predicted molar refractivity (Wildman–Crippen MR) is 72.0 cm³/mol. The lowest BCUT2D eigenvalue weighted by atomic mass is 10.1. The van der Waals surface area contributed by atoms with Crippen molar-refractivity contribution in [3.63, 3.8) is 0 Å². The third-order valence-electron chi connectivity index (χ3n) is 2.78. The fourth-order valence-electron chi connectivity index (χ4n) is 1.79. The van der Waals surface area contributed by atoms with Gasteiger partial charge in [0.25, 0.3) is 0 Å². The van der Waals surface area contributed by atoms with Crippen LogP contribution in [0.2, 0.25) is 0 Å². The molecule has 0 aliphatic carbocycles.